The number of anilines is 1. The summed E-state index contributed by atoms with van der Waals surface area (Å²) in [4.78, 5) is 12.2. The van der Waals surface area contributed by atoms with E-state index in [4.69, 9.17) is 0 Å². The second-order valence-corrected chi connectivity index (χ2v) is 7.80. The SMILES string of the molecule is Cc1ccc2c(c1)NC(CCC(=O)NCCc1ccccc1)=NS2(=O)=O. The molecule has 2 aromatic carbocycles. The predicted octanol–water partition coefficient (Wildman–Crippen LogP) is 2.65. The highest BCUT2D eigenvalue weighted by molar-refractivity contribution is 7.90. The fourth-order valence-electron chi connectivity index (χ4n) is 2.76. The Morgan fingerprint density at radius 3 is 2.65 bits per heavy atom. The van der Waals surface area contributed by atoms with Crippen LogP contribution in [0.1, 0.15) is 24.0 Å². The summed E-state index contributed by atoms with van der Waals surface area (Å²) in [5, 5.41) is 5.87. The van der Waals surface area contributed by atoms with Crippen molar-refractivity contribution in [2.45, 2.75) is 31.1 Å². The Morgan fingerprint density at radius 1 is 1.12 bits per heavy atom. The van der Waals surface area contributed by atoms with E-state index in [-0.39, 0.29) is 23.6 Å². The van der Waals surface area contributed by atoms with E-state index in [2.05, 4.69) is 15.0 Å². The molecule has 26 heavy (non-hydrogen) atoms. The Bertz CT molecular complexity index is 938. The summed E-state index contributed by atoms with van der Waals surface area (Å²) in [6.45, 7) is 2.43. The second kappa shape index (κ2) is 7.70. The molecule has 6 nitrogen and oxygen atoms in total. The number of amidine groups is 1. The zero-order chi connectivity index (χ0) is 18.6. The summed E-state index contributed by atoms with van der Waals surface area (Å²) >= 11 is 0. The van der Waals surface area contributed by atoms with Crippen molar-refractivity contribution < 1.29 is 13.2 Å². The summed E-state index contributed by atoms with van der Waals surface area (Å²) in [7, 11) is -3.72. The van der Waals surface area contributed by atoms with Crippen molar-refractivity contribution in [3.63, 3.8) is 0 Å². The lowest BCUT2D eigenvalue weighted by Crippen LogP contribution is -2.28. The number of fused-ring (bicyclic) bond motifs is 1. The van der Waals surface area contributed by atoms with Gasteiger partial charge in [-0.2, -0.15) is 8.42 Å². The molecule has 1 amide bonds. The van der Waals surface area contributed by atoms with Crippen molar-refractivity contribution in [3.8, 4) is 0 Å². The minimum Gasteiger partial charge on any atom is -0.356 e. The molecule has 1 aliphatic heterocycles. The Morgan fingerprint density at radius 2 is 1.88 bits per heavy atom. The molecule has 1 aliphatic rings. The molecule has 0 bridgehead atoms. The Labute approximate surface area is 153 Å². The maximum absolute atomic E-state index is 12.2. The number of nitrogens with one attached hydrogen (secondary N) is 2. The number of hydrogen-bond acceptors (Lipinski definition) is 4. The predicted molar refractivity (Wildman–Crippen MR) is 102 cm³/mol. The monoisotopic (exact) mass is 371 g/mol. The van der Waals surface area contributed by atoms with E-state index < -0.39 is 10.0 Å². The van der Waals surface area contributed by atoms with E-state index in [0.717, 1.165) is 17.5 Å². The number of nitrogens with zero attached hydrogens (tertiary/aromatic N) is 1. The van der Waals surface area contributed by atoms with Crippen LogP contribution in [0.3, 0.4) is 0 Å². The van der Waals surface area contributed by atoms with Crippen LogP contribution in [0.15, 0.2) is 57.8 Å². The first-order valence-corrected chi connectivity index (χ1v) is 9.90. The molecule has 0 aliphatic carbocycles. The molecule has 0 unspecified atom stereocenters. The number of aryl methyl sites for hydroxylation is 1. The molecule has 0 fully saturated rings. The van der Waals surface area contributed by atoms with Gasteiger partial charge in [-0.15, -0.1) is 4.40 Å². The molecule has 0 aromatic heterocycles. The quantitative estimate of drug-likeness (QED) is 0.817. The van der Waals surface area contributed by atoms with Gasteiger partial charge in [-0.3, -0.25) is 4.79 Å². The van der Waals surface area contributed by atoms with Gasteiger partial charge in [-0.05, 0) is 36.6 Å². The van der Waals surface area contributed by atoms with Crippen molar-refractivity contribution >= 4 is 27.5 Å². The van der Waals surface area contributed by atoms with Gasteiger partial charge in [0.2, 0.25) is 5.91 Å². The zero-order valence-electron chi connectivity index (χ0n) is 14.5. The highest BCUT2D eigenvalue weighted by Gasteiger charge is 2.24. The number of rotatable bonds is 6. The van der Waals surface area contributed by atoms with Crippen LogP contribution in [0.4, 0.5) is 5.69 Å². The van der Waals surface area contributed by atoms with Gasteiger partial charge in [0.1, 0.15) is 10.7 Å². The van der Waals surface area contributed by atoms with Crippen molar-refractivity contribution in [1.82, 2.24) is 5.32 Å². The van der Waals surface area contributed by atoms with Crippen LogP contribution in [0.25, 0.3) is 0 Å². The molecule has 0 radical (unpaired) electrons. The summed E-state index contributed by atoms with van der Waals surface area (Å²) in [6, 6.07) is 14.9. The Hall–Kier alpha value is -2.67. The molecule has 2 aromatic rings. The third-order valence-electron chi connectivity index (χ3n) is 4.09. The molecule has 0 spiro atoms. The normalized spacial score (nSPS) is 14.7. The summed E-state index contributed by atoms with van der Waals surface area (Å²) in [5.74, 6) is 0.166. The summed E-state index contributed by atoms with van der Waals surface area (Å²) < 4.78 is 28.3. The third kappa shape index (κ3) is 4.49. The molecule has 1 heterocycles. The van der Waals surface area contributed by atoms with E-state index in [1.165, 1.54) is 0 Å². The highest BCUT2D eigenvalue weighted by atomic mass is 32.2. The first-order chi connectivity index (χ1) is 12.4. The van der Waals surface area contributed by atoms with E-state index in [1.54, 1.807) is 18.2 Å². The van der Waals surface area contributed by atoms with Crippen molar-refractivity contribution in [2.75, 3.05) is 11.9 Å². The first-order valence-electron chi connectivity index (χ1n) is 8.46. The highest BCUT2D eigenvalue weighted by Crippen LogP contribution is 2.28. The fraction of sp³-hybridized carbons (Fsp3) is 0.263. The second-order valence-electron chi connectivity index (χ2n) is 6.22. The molecule has 7 heteroatoms. The lowest BCUT2D eigenvalue weighted by Gasteiger charge is -2.18. The summed E-state index contributed by atoms with van der Waals surface area (Å²) in [6.07, 6.45) is 1.17. The number of amides is 1. The number of carbonyl (C=O) groups excluding carboxylic acids is 1. The van der Waals surface area contributed by atoms with Crippen LogP contribution in [0, 0.1) is 6.92 Å². The maximum atomic E-state index is 12.2. The number of benzene rings is 2. The van der Waals surface area contributed by atoms with Crippen molar-refractivity contribution in [2.24, 2.45) is 4.40 Å². The molecule has 0 atom stereocenters. The standard InChI is InChI=1S/C19H21N3O3S/c1-14-7-8-17-16(13-14)21-18(22-26(17,24)25)9-10-19(23)20-12-11-15-5-3-2-4-6-15/h2-8,13H,9-12H2,1H3,(H,20,23)(H,21,22). The Balaban J connectivity index is 1.53. The maximum Gasteiger partial charge on any atom is 0.286 e. The minimum atomic E-state index is -3.72. The van der Waals surface area contributed by atoms with Gasteiger partial charge in [-0.1, -0.05) is 36.4 Å². The van der Waals surface area contributed by atoms with Crippen molar-refractivity contribution in [1.29, 1.82) is 0 Å². The van der Waals surface area contributed by atoms with Crippen LogP contribution in [-0.4, -0.2) is 26.7 Å². The average Bonchev–Trinajstić information content (AvgIpc) is 2.60. The number of hydrogen-bond donors (Lipinski definition) is 2. The Kier molecular flexibility index (Phi) is 5.37. The van der Waals surface area contributed by atoms with Crippen LogP contribution in [-0.2, 0) is 21.2 Å². The van der Waals surface area contributed by atoms with Crippen LogP contribution < -0.4 is 10.6 Å². The lowest BCUT2D eigenvalue weighted by atomic mass is 10.1. The third-order valence-corrected chi connectivity index (χ3v) is 5.46. The molecular weight excluding hydrogens is 350 g/mol. The van der Waals surface area contributed by atoms with Gasteiger partial charge in [0.15, 0.2) is 0 Å². The largest absolute Gasteiger partial charge is 0.356 e. The first kappa shape index (κ1) is 18.1. The molecule has 0 saturated heterocycles. The van der Waals surface area contributed by atoms with Gasteiger partial charge in [-0.25, -0.2) is 0 Å². The number of sulfonamides is 1. The van der Waals surface area contributed by atoms with E-state index >= 15 is 0 Å². The van der Waals surface area contributed by atoms with Gasteiger partial charge in [0.05, 0.1) is 5.69 Å². The molecular formula is C19H21N3O3S. The van der Waals surface area contributed by atoms with Gasteiger partial charge in [0.25, 0.3) is 10.0 Å². The zero-order valence-corrected chi connectivity index (χ0v) is 15.3. The molecule has 2 N–H and O–H groups in total. The topological polar surface area (TPSA) is 87.6 Å². The van der Waals surface area contributed by atoms with Gasteiger partial charge in [0, 0.05) is 19.4 Å². The van der Waals surface area contributed by atoms with Gasteiger partial charge < -0.3 is 10.6 Å². The van der Waals surface area contributed by atoms with E-state index in [9.17, 15) is 13.2 Å². The smallest absolute Gasteiger partial charge is 0.286 e. The molecule has 3 rings (SSSR count). The minimum absolute atomic E-state index is 0.127. The van der Waals surface area contributed by atoms with Crippen molar-refractivity contribution in [3.05, 3.63) is 59.7 Å². The molecule has 0 saturated carbocycles. The number of carbonyl (C=O) groups is 1. The van der Waals surface area contributed by atoms with E-state index in [0.29, 0.717) is 18.1 Å². The fourth-order valence-corrected chi connectivity index (χ4v) is 3.91. The van der Waals surface area contributed by atoms with Crippen LogP contribution >= 0.6 is 0 Å². The van der Waals surface area contributed by atoms with Crippen LogP contribution in [0.2, 0.25) is 0 Å². The van der Waals surface area contributed by atoms with Crippen LogP contribution in [0.5, 0.6) is 0 Å². The molecule has 136 valence electrons. The average molecular weight is 371 g/mol. The summed E-state index contributed by atoms with van der Waals surface area (Å²) in [5.41, 5.74) is 2.62. The lowest BCUT2D eigenvalue weighted by molar-refractivity contribution is -0.120. The van der Waals surface area contributed by atoms with Gasteiger partial charge >= 0.3 is 0 Å². The van der Waals surface area contributed by atoms with E-state index in [1.807, 2.05) is 37.3 Å².